The maximum atomic E-state index is 13.1. The van der Waals surface area contributed by atoms with E-state index < -0.39 is 17.6 Å². The maximum absolute atomic E-state index is 13.1. The first-order valence-corrected chi connectivity index (χ1v) is 5.84. The summed E-state index contributed by atoms with van der Waals surface area (Å²) in [5, 5.41) is 0. The highest BCUT2D eigenvalue weighted by atomic mass is 19.4. The summed E-state index contributed by atoms with van der Waals surface area (Å²) in [4.78, 5) is 14.8. The number of primary amides is 1. The third-order valence-corrected chi connectivity index (χ3v) is 2.86. The Balaban J connectivity index is 2.63. The molecular formula is C14H11F3N2O2. The zero-order valence-corrected chi connectivity index (χ0v) is 10.9. The number of halogens is 3. The standard InChI is InChI=1S/C14H11F3N2O2/c1-21-9-2-3-10(11(7-9)14(15,16)17)8-4-5-19-12(6-8)13(18)20/h2-7H,1H3,(H2,18,20). The SMILES string of the molecule is COc1ccc(-c2ccnc(C(N)=O)c2)c(C(F)(F)F)c1. The minimum atomic E-state index is -4.56. The summed E-state index contributed by atoms with van der Waals surface area (Å²) in [5.74, 6) is -0.714. The molecule has 0 atom stereocenters. The summed E-state index contributed by atoms with van der Waals surface area (Å²) in [6, 6.07) is 6.19. The Morgan fingerprint density at radius 2 is 1.95 bits per heavy atom. The quantitative estimate of drug-likeness (QED) is 0.947. The van der Waals surface area contributed by atoms with Crippen LogP contribution >= 0.6 is 0 Å². The second kappa shape index (κ2) is 5.43. The van der Waals surface area contributed by atoms with Crippen molar-refractivity contribution in [3.05, 3.63) is 47.8 Å². The first-order chi connectivity index (χ1) is 9.82. The predicted molar refractivity (Wildman–Crippen MR) is 69.7 cm³/mol. The molecule has 1 amide bonds. The zero-order chi connectivity index (χ0) is 15.6. The number of nitrogens with zero attached hydrogens (tertiary/aromatic N) is 1. The normalized spacial score (nSPS) is 11.2. The van der Waals surface area contributed by atoms with Crippen molar-refractivity contribution in [1.82, 2.24) is 4.98 Å². The van der Waals surface area contributed by atoms with Crippen molar-refractivity contribution in [2.45, 2.75) is 6.18 Å². The van der Waals surface area contributed by atoms with E-state index in [1.807, 2.05) is 0 Å². The molecule has 0 unspecified atom stereocenters. The van der Waals surface area contributed by atoms with Crippen molar-refractivity contribution in [2.24, 2.45) is 5.73 Å². The molecule has 1 aromatic carbocycles. The van der Waals surface area contributed by atoms with Crippen LogP contribution in [0.3, 0.4) is 0 Å². The highest BCUT2D eigenvalue weighted by Gasteiger charge is 2.34. The molecule has 7 heteroatoms. The molecule has 4 nitrogen and oxygen atoms in total. The predicted octanol–water partition coefficient (Wildman–Crippen LogP) is 2.87. The van der Waals surface area contributed by atoms with E-state index in [2.05, 4.69) is 4.98 Å². The number of rotatable bonds is 3. The summed E-state index contributed by atoms with van der Waals surface area (Å²) in [6.07, 6.45) is -3.32. The van der Waals surface area contributed by atoms with E-state index in [0.717, 1.165) is 6.07 Å². The lowest BCUT2D eigenvalue weighted by Crippen LogP contribution is -2.13. The molecule has 0 fully saturated rings. The topological polar surface area (TPSA) is 65.2 Å². The fourth-order valence-corrected chi connectivity index (χ4v) is 1.87. The molecule has 2 aromatic rings. The third-order valence-electron chi connectivity index (χ3n) is 2.86. The number of benzene rings is 1. The number of methoxy groups -OCH3 is 1. The zero-order valence-electron chi connectivity index (χ0n) is 10.9. The molecule has 2 rings (SSSR count). The van der Waals surface area contributed by atoms with E-state index >= 15 is 0 Å². The van der Waals surface area contributed by atoms with Gasteiger partial charge in [0.1, 0.15) is 11.4 Å². The second-order valence-corrected chi connectivity index (χ2v) is 4.20. The van der Waals surface area contributed by atoms with Crippen molar-refractivity contribution < 1.29 is 22.7 Å². The number of hydrogen-bond acceptors (Lipinski definition) is 3. The van der Waals surface area contributed by atoms with E-state index in [0.29, 0.717) is 0 Å². The van der Waals surface area contributed by atoms with Crippen molar-refractivity contribution in [2.75, 3.05) is 7.11 Å². The van der Waals surface area contributed by atoms with Crippen molar-refractivity contribution in [1.29, 1.82) is 0 Å². The Bertz CT molecular complexity index is 684. The van der Waals surface area contributed by atoms with Gasteiger partial charge in [0.05, 0.1) is 12.7 Å². The molecule has 1 aromatic heterocycles. The smallest absolute Gasteiger partial charge is 0.417 e. The van der Waals surface area contributed by atoms with Gasteiger partial charge in [0.15, 0.2) is 0 Å². The Kier molecular flexibility index (Phi) is 3.84. The van der Waals surface area contributed by atoms with Gasteiger partial charge in [0.2, 0.25) is 0 Å². The number of pyridine rings is 1. The van der Waals surface area contributed by atoms with Gasteiger partial charge >= 0.3 is 6.18 Å². The van der Waals surface area contributed by atoms with Crippen LogP contribution < -0.4 is 10.5 Å². The maximum Gasteiger partial charge on any atom is 0.417 e. The van der Waals surface area contributed by atoms with Gasteiger partial charge in [-0.25, -0.2) is 0 Å². The minimum absolute atomic E-state index is 0.0757. The molecule has 1 heterocycles. The fourth-order valence-electron chi connectivity index (χ4n) is 1.87. The molecule has 0 aliphatic carbocycles. The lowest BCUT2D eigenvalue weighted by atomic mass is 9.99. The molecular weight excluding hydrogens is 285 g/mol. The van der Waals surface area contributed by atoms with E-state index in [1.165, 1.54) is 37.6 Å². The monoisotopic (exact) mass is 296 g/mol. The second-order valence-electron chi connectivity index (χ2n) is 4.20. The number of carbonyl (C=O) groups excluding carboxylic acids is 1. The third kappa shape index (κ3) is 3.13. The van der Waals surface area contributed by atoms with Crippen LogP contribution in [0.2, 0.25) is 0 Å². The van der Waals surface area contributed by atoms with Gasteiger partial charge in [-0.3, -0.25) is 9.78 Å². The van der Waals surface area contributed by atoms with Gasteiger partial charge in [-0.1, -0.05) is 6.07 Å². The molecule has 0 saturated heterocycles. The van der Waals surface area contributed by atoms with Crippen LogP contribution in [-0.4, -0.2) is 18.0 Å². The number of aromatic nitrogens is 1. The van der Waals surface area contributed by atoms with Gasteiger partial charge in [0, 0.05) is 6.20 Å². The van der Waals surface area contributed by atoms with Crippen LogP contribution in [0, 0.1) is 0 Å². The van der Waals surface area contributed by atoms with Crippen LogP contribution in [0.4, 0.5) is 13.2 Å². The Morgan fingerprint density at radius 1 is 1.24 bits per heavy atom. The Morgan fingerprint density at radius 3 is 2.52 bits per heavy atom. The van der Waals surface area contributed by atoms with Gasteiger partial charge in [-0.05, 0) is 35.4 Å². The lowest BCUT2D eigenvalue weighted by Gasteiger charge is -2.14. The highest BCUT2D eigenvalue weighted by molar-refractivity contribution is 5.92. The average Bonchev–Trinajstić information content (AvgIpc) is 2.45. The molecule has 110 valence electrons. The molecule has 0 spiro atoms. The minimum Gasteiger partial charge on any atom is -0.497 e. The van der Waals surface area contributed by atoms with Crippen molar-refractivity contribution in [3.63, 3.8) is 0 Å². The van der Waals surface area contributed by atoms with Crippen LogP contribution in [0.15, 0.2) is 36.5 Å². The number of nitrogens with two attached hydrogens (primary N) is 1. The summed E-state index contributed by atoms with van der Waals surface area (Å²) >= 11 is 0. The molecule has 0 saturated carbocycles. The van der Waals surface area contributed by atoms with Crippen molar-refractivity contribution >= 4 is 5.91 Å². The first-order valence-electron chi connectivity index (χ1n) is 5.84. The van der Waals surface area contributed by atoms with E-state index in [4.69, 9.17) is 10.5 Å². The van der Waals surface area contributed by atoms with Crippen LogP contribution in [0.1, 0.15) is 16.1 Å². The molecule has 0 radical (unpaired) electrons. The van der Waals surface area contributed by atoms with E-state index in [-0.39, 0.29) is 22.6 Å². The number of hydrogen-bond donors (Lipinski definition) is 1. The van der Waals surface area contributed by atoms with Crippen LogP contribution in [-0.2, 0) is 6.18 Å². The number of ether oxygens (including phenoxy) is 1. The van der Waals surface area contributed by atoms with Gasteiger partial charge in [0.25, 0.3) is 5.91 Å². The van der Waals surface area contributed by atoms with Gasteiger partial charge in [-0.2, -0.15) is 13.2 Å². The summed E-state index contributed by atoms with van der Waals surface area (Å²) in [6.45, 7) is 0. The lowest BCUT2D eigenvalue weighted by molar-refractivity contribution is -0.137. The molecule has 0 aliphatic rings. The fraction of sp³-hybridized carbons (Fsp3) is 0.143. The molecule has 0 bridgehead atoms. The summed E-state index contributed by atoms with van der Waals surface area (Å²) < 4.78 is 44.3. The molecule has 21 heavy (non-hydrogen) atoms. The molecule has 2 N–H and O–H groups in total. The largest absolute Gasteiger partial charge is 0.497 e. The highest BCUT2D eigenvalue weighted by Crippen LogP contribution is 2.39. The summed E-state index contributed by atoms with van der Waals surface area (Å²) in [5.41, 5.74) is 4.25. The Labute approximate surface area is 118 Å². The van der Waals surface area contributed by atoms with Crippen LogP contribution in [0.25, 0.3) is 11.1 Å². The summed E-state index contributed by atoms with van der Waals surface area (Å²) in [7, 11) is 1.28. The van der Waals surface area contributed by atoms with Gasteiger partial charge in [-0.15, -0.1) is 0 Å². The number of alkyl halides is 3. The average molecular weight is 296 g/mol. The number of carbonyl (C=O) groups is 1. The first kappa shape index (κ1) is 14.8. The van der Waals surface area contributed by atoms with Gasteiger partial charge < -0.3 is 10.5 Å². The van der Waals surface area contributed by atoms with Crippen molar-refractivity contribution in [3.8, 4) is 16.9 Å². The molecule has 0 aliphatic heterocycles. The van der Waals surface area contributed by atoms with E-state index in [9.17, 15) is 18.0 Å². The number of amides is 1. The Hall–Kier alpha value is -2.57. The van der Waals surface area contributed by atoms with Crippen LogP contribution in [0.5, 0.6) is 5.75 Å². The van der Waals surface area contributed by atoms with E-state index in [1.54, 1.807) is 0 Å².